The van der Waals surface area contributed by atoms with Gasteiger partial charge < -0.3 is 20.3 Å². The van der Waals surface area contributed by atoms with Gasteiger partial charge >= 0.3 is 6.09 Å². The van der Waals surface area contributed by atoms with Crippen molar-refractivity contribution in [3.8, 4) is 0 Å². The van der Waals surface area contributed by atoms with Crippen LogP contribution in [0.5, 0.6) is 0 Å². The maximum absolute atomic E-state index is 13.4. The molecule has 3 N–H and O–H groups in total. The Bertz CT molecular complexity index is 1160. The Kier molecular flexibility index (Phi) is 6.79. The monoisotopic (exact) mass is 478 g/mol. The van der Waals surface area contributed by atoms with Crippen molar-refractivity contribution in [3.63, 3.8) is 0 Å². The lowest BCUT2D eigenvalue weighted by molar-refractivity contribution is -0.122. The molecule has 2 aromatic rings. The fraction of sp³-hybridized carbons (Fsp3) is 0.609. The molecule has 10 heteroatoms. The molecule has 1 saturated carbocycles. The lowest BCUT2D eigenvalue weighted by atomic mass is 9.92. The third kappa shape index (κ3) is 5.66. The van der Waals surface area contributed by atoms with Gasteiger partial charge in [0.25, 0.3) is 0 Å². The normalized spacial score (nSPS) is 14.9. The van der Waals surface area contributed by atoms with Crippen LogP contribution in [0.25, 0.3) is 11.0 Å². The van der Waals surface area contributed by atoms with Crippen molar-refractivity contribution in [1.82, 2.24) is 20.2 Å². The maximum Gasteiger partial charge on any atom is 0.404 e. The van der Waals surface area contributed by atoms with E-state index in [0.29, 0.717) is 11.4 Å². The topological polar surface area (TPSA) is 130 Å². The molecule has 0 radical (unpaired) electrons. The molecule has 0 atom stereocenters. The number of amides is 2. The standard InChI is InChI=1S/C23H34N4O5S/c1-22(2,3)13-19-26-17-12-16(8-9-18(17)27(19)14-15-6-7-15)33(31,32)23(4,5)20(28)24-10-11-25-21(29)30/h8-9,12,15,25H,6-7,10-11,13-14H2,1-5H3,(H,24,28)(H,29,30). The number of carbonyl (C=O) groups is 2. The van der Waals surface area contributed by atoms with Gasteiger partial charge in [-0.15, -0.1) is 0 Å². The number of fused-ring (bicyclic) bond motifs is 1. The van der Waals surface area contributed by atoms with Gasteiger partial charge in [-0.2, -0.15) is 0 Å². The van der Waals surface area contributed by atoms with E-state index in [4.69, 9.17) is 10.1 Å². The number of benzene rings is 1. The largest absolute Gasteiger partial charge is 0.465 e. The summed E-state index contributed by atoms with van der Waals surface area (Å²) >= 11 is 0. The summed E-state index contributed by atoms with van der Waals surface area (Å²) in [7, 11) is -4.03. The molecular weight excluding hydrogens is 444 g/mol. The second kappa shape index (κ2) is 8.96. The lowest BCUT2D eigenvalue weighted by Gasteiger charge is -2.24. The number of nitrogens with one attached hydrogen (secondary N) is 2. The predicted octanol–water partition coefficient (Wildman–Crippen LogP) is 2.97. The first-order valence-electron chi connectivity index (χ1n) is 11.2. The van der Waals surface area contributed by atoms with E-state index in [-0.39, 0.29) is 23.4 Å². The van der Waals surface area contributed by atoms with Crippen molar-refractivity contribution in [2.75, 3.05) is 13.1 Å². The van der Waals surface area contributed by atoms with E-state index in [1.807, 2.05) is 0 Å². The fourth-order valence-corrected chi connectivity index (χ4v) is 5.09. The average molecular weight is 479 g/mol. The number of hydrogen-bond donors (Lipinski definition) is 3. The third-order valence-electron chi connectivity index (χ3n) is 5.84. The Morgan fingerprint density at radius 3 is 2.33 bits per heavy atom. The maximum atomic E-state index is 13.4. The van der Waals surface area contributed by atoms with Gasteiger partial charge in [0.2, 0.25) is 5.91 Å². The van der Waals surface area contributed by atoms with Gasteiger partial charge in [0, 0.05) is 26.1 Å². The van der Waals surface area contributed by atoms with Gasteiger partial charge in [-0.05, 0) is 56.2 Å². The smallest absolute Gasteiger partial charge is 0.404 e. The van der Waals surface area contributed by atoms with Crippen LogP contribution in [-0.4, -0.2) is 52.9 Å². The number of aromatic nitrogens is 2. The van der Waals surface area contributed by atoms with Crippen molar-refractivity contribution in [3.05, 3.63) is 24.0 Å². The molecule has 0 spiro atoms. The first-order valence-corrected chi connectivity index (χ1v) is 12.7. The minimum atomic E-state index is -4.03. The number of hydrogen-bond acceptors (Lipinski definition) is 5. The second-order valence-corrected chi connectivity index (χ2v) is 13.0. The van der Waals surface area contributed by atoms with Crippen LogP contribution in [0.15, 0.2) is 23.1 Å². The molecule has 9 nitrogen and oxygen atoms in total. The quantitative estimate of drug-likeness (QED) is 0.475. The van der Waals surface area contributed by atoms with E-state index in [0.717, 1.165) is 24.3 Å². The van der Waals surface area contributed by atoms with E-state index in [1.54, 1.807) is 18.2 Å². The number of carbonyl (C=O) groups excluding carboxylic acids is 1. The molecule has 0 bridgehead atoms. The van der Waals surface area contributed by atoms with Crippen LogP contribution < -0.4 is 10.6 Å². The van der Waals surface area contributed by atoms with Gasteiger partial charge in [-0.3, -0.25) is 4.79 Å². The minimum Gasteiger partial charge on any atom is -0.465 e. The Morgan fingerprint density at radius 1 is 1.12 bits per heavy atom. The van der Waals surface area contributed by atoms with Crippen LogP contribution in [0.4, 0.5) is 4.79 Å². The number of nitrogens with zero attached hydrogens (tertiary/aromatic N) is 2. The molecule has 33 heavy (non-hydrogen) atoms. The van der Waals surface area contributed by atoms with Crippen molar-refractivity contribution >= 4 is 32.9 Å². The van der Waals surface area contributed by atoms with Gasteiger partial charge in [0.15, 0.2) is 9.84 Å². The first-order chi connectivity index (χ1) is 15.2. The van der Waals surface area contributed by atoms with Crippen molar-refractivity contribution in [1.29, 1.82) is 0 Å². The van der Waals surface area contributed by atoms with Crippen LogP contribution >= 0.6 is 0 Å². The zero-order valence-electron chi connectivity index (χ0n) is 19.9. The molecule has 0 saturated heterocycles. The van der Waals surface area contributed by atoms with Crippen molar-refractivity contribution in [2.45, 2.75) is 70.1 Å². The molecule has 1 fully saturated rings. The predicted molar refractivity (Wildman–Crippen MR) is 126 cm³/mol. The number of carboxylic acid groups (broad SMARTS) is 1. The molecule has 1 aliphatic carbocycles. The summed E-state index contributed by atoms with van der Waals surface area (Å²) in [5.74, 6) is 0.895. The highest BCUT2D eigenvalue weighted by Crippen LogP contribution is 2.35. The molecule has 1 heterocycles. The van der Waals surface area contributed by atoms with Crippen LogP contribution in [-0.2, 0) is 27.6 Å². The lowest BCUT2D eigenvalue weighted by Crippen LogP contribution is -2.49. The van der Waals surface area contributed by atoms with E-state index in [9.17, 15) is 18.0 Å². The van der Waals surface area contributed by atoms with Crippen LogP contribution in [0.1, 0.15) is 53.3 Å². The summed E-state index contributed by atoms with van der Waals surface area (Å²) in [5, 5.41) is 13.2. The summed E-state index contributed by atoms with van der Waals surface area (Å²) in [5.41, 5.74) is 1.55. The SMILES string of the molecule is CC(C)(C)Cc1nc2cc(S(=O)(=O)C(C)(C)C(=O)NCCNC(=O)O)ccc2n1CC1CC1. The molecule has 0 aliphatic heterocycles. The number of sulfone groups is 1. The highest BCUT2D eigenvalue weighted by molar-refractivity contribution is 7.93. The van der Waals surface area contributed by atoms with E-state index < -0.39 is 26.6 Å². The van der Waals surface area contributed by atoms with Crippen LogP contribution in [0, 0.1) is 11.3 Å². The number of imidazole rings is 1. The second-order valence-electron chi connectivity index (χ2n) is 10.5. The average Bonchev–Trinajstić information content (AvgIpc) is 3.45. The molecule has 2 amide bonds. The molecule has 1 aliphatic rings. The van der Waals surface area contributed by atoms with Crippen LogP contribution in [0.2, 0.25) is 0 Å². The van der Waals surface area contributed by atoms with Gasteiger partial charge in [0.1, 0.15) is 10.6 Å². The van der Waals surface area contributed by atoms with E-state index >= 15 is 0 Å². The fourth-order valence-electron chi connectivity index (χ4n) is 3.67. The number of rotatable bonds is 9. The summed E-state index contributed by atoms with van der Waals surface area (Å²) in [4.78, 5) is 28.0. The first kappa shape index (κ1) is 25.0. The van der Waals surface area contributed by atoms with Crippen LogP contribution in [0.3, 0.4) is 0 Å². The van der Waals surface area contributed by atoms with E-state index in [1.165, 1.54) is 26.7 Å². The van der Waals surface area contributed by atoms with Gasteiger partial charge in [0.05, 0.1) is 15.9 Å². The van der Waals surface area contributed by atoms with Gasteiger partial charge in [-0.1, -0.05) is 20.8 Å². The highest BCUT2D eigenvalue weighted by Gasteiger charge is 2.43. The Morgan fingerprint density at radius 2 is 1.76 bits per heavy atom. The van der Waals surface area contributed by atoms with Crippen molar-refractivity contribution < 1.29 is 23.1 Å². The third-order valence-corrected chi connectivity index (χ3v) is 8.24. The summed E-state index contributed by atoms with van der Waals surface area (Å²) in [6.07, 6.45) is 1.96. The van der Waals surface area contributed by atoms with Crippen molar-refractivity contribution in [2.24, 2.45) is 11.3 Å². The minimum absolute atomic E-state index is 0.00907. The summed E-state index contributed by atoms with van der Waals surface area (Å²) in [6.45, 7) is 10.0. The molecular formula is C23H34N4O5S. The Balaban J connectivity index is 1.90. The molecule has 0 unspecified atom stereocenters. The Labute approximate surface area is 194 Å². The zero-order chi connectivity index (χ0) is 24.6. The molecule has 1 aromatic carbocycles. The molecule has 1 aromatic heterocycles. The molecule has 182 valence electrons. The van der Waals surface area contributed by atoms with E-state index in [2.05, 4.69) is 36.0 Å². The Hall–Kier alpha value is -2.62. The summed E-state index contributed by atoms with van der Waals surface area (Å²) in [6, 6.07) is 4.89. The highest BCUT2D eigenvalue weighted by atomic mass is 32.2. The van der Waals surface area contributed by atoms with Gasteiger partial charge in [-0.25, -0.2) is 18.2 Å². The summed E-state index contributed by atoms with van der Waals surface area (Å²) < 4.78 is 27.2. The molecule has 3 rings (SSSR count). The zero-order valence-corrected chi connectivity index (χ0v) is 20.8.